The lowest BCUT2D eigenvalue weighted by molar-refractivity contribution is -0.385. The zero-order chi connectivity index (χ0) is 21.0. The fourth-order valence-corrected chi connectivity index (χ4v) is 3.58. The first-order valence-corrected chi connectivity index (χ1v) is 9.95. The van der Waals surface area contributed by atoms with Crippen LogP contribution in [-0.4, -0.2) is 27.1 Å². The third-order valence-electron chi connectivity index (χ3n) is 4.48. The van der Waals surface area contributed by atoms with Gasteiger partial charge in [-0.05, 0) is 48.9 Å². The Morgan fingerprint density at radius 1 is 1.17 bits per heavy atom. The number of hydrogen-bond acceptors (Lipinski definition) is 6. The average molecular weight is 412 g/mol. The summed E-state index contributed by atoms with van der Waals surface area (Å²) in [4.78, 5) is 37.0. The molecule has 1 saturated heterocycles. The molecule has 1 aliphatic heterocycles. The van der Waals surface area contributed by atoms with Gasteiger partial charge in [0.25, 0.3) is 16.8 Å². The number of amides is 2. The number of para-hydroxylation sites is 1. The monoisotopic (exact) mass is 412 g/mol. The Balaban J connectivity index is 1.76. The van der Waals surface area contributed by atoms with Crippen LogP contribution in [0.15, 0.2) is 53.4 Å². The number of carbonyl (C=O) groups excluding carboxylic acids is 2. The van der Waals surface area contributed by atoms with E-state index in [4.69, 9.17) is 4.74 Å². The van der Waals surface area contributed by atoms with Crippen LogP contribution in [0.4, 0.5) is 10.5 Å². The number of rotatable bonds is 7. The number of hydrogen-bond donors (Lipinski definition) is 0. The van der Waals surface area contributed by atoms with E-state index in [0.29, 0.717) is 5.56 Å². The molecule has 8 heteroatoms. The second-order valence-electron chi connectivity index (χ2n) is 6.56. The molecule has 0 N–H and O–H groups in total. The van der Waals surface area contributed by atoms with Crippen molar-refractivity contribution in [3.05, 3.63) is 74.7 Å². The predicted octanol–water partition coefficient (Wildman–Crippen LogP) is 5.01. The van der Waals surface area contributed by atoms with Crippen LogP contribution < -0.4 is 4.74 Å². The lowest BCUT2D eigenvalue weighted by Gasteiger charge is -2.12. The predicted molar refractivity (Wildman–Crippen MR) is 111 cm³/mol. The highest BCUT2D eigenvalue weighted by molar-refractivity contribution is 8.18. The van der Waals surface area contributed by atoms with Gasteiger partial charge in [0.2, 0.25) is 0 Å². The molecule has 1 fully saturated rings. The number of nitro groups is 1. The van der Waals surface area contributed by atoms with Gasteiger partial charge in [0.05, 0.1) is 22.5 Å². The lowest BCUT2D eigenvalue weighted by atomic mass is 10.1. The summed E-state index contributed by atoms with van der Waals surface area (Å²) in [6.45, 7) is 3.89. The van der Waals surface area contributed by atoms with Crippen LogP contribution in [0, 0.1) is 10.1 Å². The maximum Gasteiger partial charge on any atom is 0.293 e. The summed E-state index contributed by atoms with van der Waals surface area (Å²) in [5.74, 6) is 0.277. The van der Waals surface area contributed by atoms with E-state index in [1.54, 1.807) is 24.3 Å². The normalized spacial score (nSPS) is 16.3. The molecular weight excluding hydrogens is 392 g/mol. The largest absolute Gasteiger partial charge is 0.491 e. The number of ether oxygens (including phenoxy) is 1. The SMILES string of the molecule is CC[C@H](C)Oc1ccc(/C=C2\SC(=O)N(Cc3ccccc3[N+](=O)[O-])C2=O)cc1. The number of thioether (sulfide) groups is 1. The molecule has 29 heavy (non-hydrogen) atoms. The van der Waals surface area contributed by atoms with Crippen molar-refractivity contribution < 1.29 is 19.2 Å². The number of imide groups is 1. The van der Waals surface area contributed by atoms with E-state index in [1.807, 2.05) is 38.1 Å². The summed E-state index contributed by atoms with van der Waals surface area (Å²) in [6, 6.07) is 13.3. The van der Waals surface area contributed by atoms with Gasteiger partial charge in [-0.25, -0.2) is 0 Å². The highest BCUT2D eigenvalue weighted by Gasteiger charge is 2.36. The van der Waals surface area contributed by atoms with Crippen LogP contribution in [-0.2, 0) is 11.3 Å². The quantitative estimate of drug-likeness (QED) is 0.361. The van der Waals surface area contributed by atoms with Gasteiger partial charge in [0, 0.05) is 11.6 Å². The van der Waals surface area contributed by atoms with Gasteiger partial charge in [-0.2, -0.15) is 0 Å². The number of nitrogens with zero attached hydrogens (tertiary/aromatic N) is 2. The molecule has 0 aliphatic carbocycles. The maximum absolute atomic E-state index is 12.7. The van der Waals surface area contributed by atoms with E-state index in [-0.39, 0.29) is 23.2 Å². The van der Waals surface area contributed by atoms with Gasteiger partial charge >= 0.3 is 0 Å². The molecule has 1 heterocycles. The second-order valence-corrected chi connectivity index (χ2v) is 7.55. The minimum absolute atomic E-state index is 0.111. The minimum Gasteiger partial charge on any atom is -0.491 e. The lowest BCUT2D eigenvalue weighted by Crippen LogP contribution is -2.27. The summed E-state index contributed by atoms with van der Waals surface area (Å²) < 4.78 is 5.73. The first-order valence-electron chi connectivity index (χ1n) is 9.13. The summed E-state index contributed by atoms with van der Waals surface area (Å²) in [5, 5.41) is 10.7. The Kier molecular flexibility index (Phi) is 6.33. The molecule has 0 unspecified atom stereocenters. The molecule has 0 bridgehead atoms. The summed E-state index contributed by atoms with van der Waals surface area (Å²) in [6.07, 6.45) is 2.64. The van der Waals surface area contributed by atoms with Crippen LogP contribution in [0.2, 0.25) is 0 Å². The Labute approximate surface area is 172 Å². The Hall–Kier alpha value is -3.13. The second kappa shape index (κ2) is 8.91. The van der Waals surface area contributed by atoms with Crippen LogP contribution >= 0.6 is 11.8 Å². The van der Waals surface area contributed by atoms with Crippen molar-refractivity contribution in [2.75, 3.05) is 0 Å². The van der Waals surface area contributed by atoms with E-state index >= 15 is 0 Å². The van der Waals surface area contributed by atoms with Gasteiger partial charge in [0.1, 0.15) is 5.75 Å². The van der Waals surface area contributed by atoms with Gasteiger partial charge in [0.15, 0.2) is 0 Å². The smallest absolute Gasteiger partial charge is 0.293 e. The Morgan fingerprint density at radius 2 is 1.86 bits per heavy atom. The van der Waals surface area contributed by atoms with E-state index in [2.05, 4.69) is 0 Å². The molecule has 2 aromatic carbocycles. The fraction of sp³-hybridized carbons (Fsp3) is 0.238. The molecule has 7 nitrogen and oxygen atoms in total. The molecule has 2 amide bonds. The molecule has 0 aromatic heterocycles. The van der Waals surface area contributed by atoms with Crippen LogP contribution in [0.5, 0.6) is 5.75 Å². The van der Waals surface area contributed by atoms with Gasteiger partial charge in [-0.15, -0.1) is 0 Å². The van der Waals surface area contributed by atoms with Crippen molar-refractivity contribution in [3.63, 3.8) is 0 Å². The van der Waals surface area contributed by atoms with Crippen molar-refractivity contribution in [1.82, 2.24) is 4.90 Å². The first-order chi connectivity index (χ1) is 13.9. The van der Waals surface area contributed by atoms with E-state index in [1.165, 1.54) is 6.07 Å². The Bertz CT molecular complexity index is 971. The standard InChI is InChI=1S/C21H20N2O5S/c1-3-14(2)28-17-10-8-15(9-11-17)12-19-20(24)22(21(25)29-19)13-16-6-4-5-7-18(16)23(26)27/h4-12,14H,3,13H2,1-2H3/b19-12-/t14-/m0/s1. The highest BCUT2D eigenvalue weighted by Crippen LogP contribution is 2.34. The topological polar surface area (TPSA) is 89.8 Å². The first kappa shape index (κ1) is 20.6. The number of nitro benzene ring substituents is 1. The molecule has 3 rings (SSSR count). The molecular formula is C21H20N2O5S. The van der Waals surface area contributed by atoms with E-state index in [9.17, 15) is 19.7 Å². The number of benzene rings is 2. The molecule has 1 atom stereocenters. The molecule has 0 saturated carbocycles. The molecule has 150 valence electrons. The minimum atomic E-state index is -0.521. The molecule has 1 aliphatic rings. The van der Waals surface area contributed by atoms with Gasteiger partial charge in [-0.1, -0.05) is 37.3 Å². The Morgan fingerprint density at radius 3 is 2.52 bits per heavy atom. The van der Waals surface area contributed by atoms with Crippen molar-refractivity contribution in [2.45, 2.75) is 32.9 Å². The summed E-state index contributed by atoms with van der Waals surface area (Å²) >= 11 is 0.826. The van der Waals surface area contributed by atoms with Crippen molar-refractivity contribution in [1.29, 1.82) is 0 Å². The van der Waals surface area contributed by atoms with Gasteiger partial charge in [-0.3, -0.25) is 24.6 Å². The zero-order valence-corrected chi connectivity index (χ0v) is 16.8. The fourth-order valence-electron chi connectivity index (χ4n) is 2.74. The van der Waals surface area contributed by atoms with Crippen molar-refractivity contribution in [2.24, 2.45) is 0 Å². The van der Waals surface area contributed by atoms with Crippen LogP contribution in [0.1, 0.15) is 31.4 Å². The van der Waals surface area contributed by atoms with E-state index in [0.717, 1.165) is 34.4 Å². The highest BCUT2D eigenvalue weighted by atomic mass is 32.2. The van der Waals surface area contributed by atoms with Crippen molar-refractivity contribution >= 4 is 34.7 Å². The van der Waals surface area contributed by atoms with E-state index < -0.39 is 16.1 Å². The van der Waals surface area contributed by atoms with Gasteiger partial charge < -0.3 is 4.74 Å². The molecule has 0 spiro atoms. The average Bonchev–Trinajstić information content (AvgIpc) is 2.97. The summed E-state index contributed by atoms with van der Waals surface area (Å²) in [7, 11) is 0. The number of carbonyl (C=O) groups is 2. The molecule has 2 aromatic rings. The zero-order valence-electron chi connectivity index (χ0n) is 16.0. The van der Waals surface area contributed by atoms with Crippen molar-refractivity contribution in [3.8, 4) is 5.75 Å². The maximum atomic E-state index is 12.7. The summed E-state index contributed by atoms with van der Waals surface area (Å²) in [5.41, 5.74) is 0.956. The third-order valence-corrected chi connectivity index (χ3v) is 5.39. The van der Waals surface area contributed by atoms with Crippen LogP contribution in [0.3, 0.4) is 0 Å². The van der Waals surface area contributed by atoms with Crippen LogP contribution in [0.25, 0.3) is 6.08 Å². The third kappa shape index (κ3) is 4.83. The molecule has 0 radical (unpaired) electrons.